The zero-order valence-electron chi connectivity index (χ0n) is 17.5. The van der Waals surface area contributed by atoms with Gasteiger partial charge in [-0.2, -0.15) is 11.8 Å². The Balaban J connectivity index is 1.96. The average molecular weight is 471 g/mol. The molecule has 0 fully saturated rings. The van der Waals surface area contributed by atoms with Crippen molar-refractivity contribution in [2.24, 2.45) is 0 Å². The summed E-state index contributed by atoms with van der Waals surface area (Å²) in [4.78, 5) is 12.6. The highest BCUT2D eigenvalue weighted by molar-refractivity contribution is 7.98. The van der Waals surface area contributed by atoms with Crippen molar-refractivity contribution in [3.63, 3.8) is 0 Å². The van der Waals surface area contributed by atoms with Crippen LogP contribution in [0.25, 0.3) is 0 Å². The van der Waals surface area contributed by atoms with E-state index in [2.05, 4.69) is 30.4 Å². The number of hydrogen-bond acceptors (Lipinski definition) is 5. The lowest BCUT2D eigenvalue weighted by Gasteiger charge is -2.28. The van der Waals surface area contributed by atoms with Crippen LogP contribution >= 0.6 is 23.4 Å². The first kappa shape index (κ1) is 24.4. The molecule has 0 heterocycles. The Labute approximate surface area is 188 Å². The second-order valence-electron chi connectivity index (χ2n) is 6.89. The topological polar surface area (TPSA) is 75.7 Å². The third kappa shape index (κ3) is 6.82. The van der Waals surface area contributed by atoms with Gasteiger partial charge in [0.25, 0.3) is 0 Å². The fourth-order valence-electron chi connectivity index (χ4n) is 2.99. The van der Waals surface area contributed by atoms with E-state index < -0.39 is 16.1 Å². The Morgan fingerprint density at radius 2 is 2.00 bits per heavy atom. The van der Waals surface area contributed by atoms with Gasteiger partial charge in [-0.05, 0) is 37.6 Å². The first-order chi connectivity index (χ1) is 14.1. The van der Waals surface area contributed by atoms with Crippen molar-refractivity contribution in [2.75, 3.05) is 30.0 Å². The highest BCUT2D eigenvalue weighted by Gasteiger charge is 2.29. The maximum atomic E-state index is 12.6. The number of rotatable bonds is 10. The SMILES string of the molecule is COc1ccc(N(C(C)C(=O)NCCSCc2cccc(C)c2)S(C)(=O)=O)cc1Cl. The zero-order valence-corrected chi connectivity index (χ0v) is 19.9. The molecule has 0 aliphatic heterocycles. The van der Waals surface area contributed by atoms with E-state index >= 15 is 0 Å². The van der Waals surface area contributed by atoms with Crippen LogP contribution in [-0.4, -0.2) is 46.0 Å². The third-order valence-electron chi connectivity index (χ3n) is 4.38. The van der Waals surface area contributed by atoms with Crippen LogP contribution in [0.1, 0.15) is 18.1 Å². The Morgan fingerprint density at radius 3 is 2.60 bits per heavy atom. The predicted molar refractivity (Wildman–Crippen MR) is 125 cm³/mol. The van der Waals surface area contributed by atoms with Gasteiger partial charge >= 0.3 is 0 Å². The number of benzene rings is 2. The number of nitrogens with zero attached hydrogens (tertiary/aromatic N) is 1. The molecule has 0 saturated heterocycles. The van der Waals surface area contributed by atoms with Crippen molar-refractivity contribution >= 4 is 45.0 Å². The molecule has 1 N–H and O–H groups in total. The van der Waals surface area contributed by atoms with Crippen LogP contribution in [0, 0.1) is 6.92 Å². The fraction of sp³-hybridized carbons (Fsp3) is 0.381. The molecule has 1 unspecified atom stereocenters. The predicted octanol–water partition coefficient (Wildman–Crippen LogP) is 3.86. The standard InChI is InChI=1S/C21H27ClN2O4S2/c1-15-6-5-7-17(12-15)14-29-11-10-23-21(25)16(2)24(30(4,26)27)18-8-9-20(28-3)19(22)13-18/h5-9,12-13,16H,10-11,14H2,1-4H3,(H,23,25). The molecule has 1 atom stereocenters. The summed E-state index contributed by atoms with van der Waals surface area (Å²) in [5, 5.41) is 3.08. The molecule has 9 heteroatoms. The molecular formula is C21H27ClN2O4S2. The Kier molecular flexibility index (Phi) is 8.88. The maximum Gasteiger partial charge on any atom is 0.243 e. The van der Waals surface area contributed by atoms with E-state index in [-0.39, 0.29) is 10.9 Å². The Bertz CT molecular complexity index is 983. The summed E-state index contributed by atoms with van der Waals surface area (Å²) in [6, 6.07) is 12.0. The van der Waals surface area contributed by atoms with Gasteiger partial charge in [-0.15, -0.1) is 0 Å². The maximum absolute atomic E-state index is 12.6. The van der Waals surface area contributed by atoms with E-state index in [9.17, 15) is 13.2 Å². The Hall–Kier alpha value is -1.90. The molecule has 30 heavy (non-hydrogen) atoms. The lowest BCUT2D eigenvalue weighted by molar-refractivity contribution is -0.121. The minimum atomic E-state index is -3.71. The highest BCUT2D eigenvalue weighted by atomic mass is 35.5. The van der Waals surface area contributed by atoms with E-state index in [0.717, 1.165) is 22.1 Å². The zero-order chi connectivity index (χ0) is 22.3. The normalized spacial score (nSPS) is 12.3. The molecule has 2 aromatic rings. The number of aryl methyl sites for hydroxylation is 1. The molecule has 2 rings (SSSR count). The van der Waals surface area contributed by atoms with Crippen molar-refractivity contribution in [1.29, 1.82) is 0 Å². The minimum Gasteiger partial charge on any atom is -0.495 e. The van der Waals surface area contributed by atoms with Gasteiger partial charge in [0.1, 0.15) is 11.8 Å². The number of carbonyl (C=O) groups is 1. The quantitative estimate of drug-likeness (QED) is 0.533. The summed E-state index contributed by atoms with van der Waals surface area (Å²) in [7, 11) is -2.23. The van der Waals surface area contributed by atoms with Crippen molar-refractivity contribution in [3.05, 3.63) is 58.6 Å². The molecular weight excluding hydrogens is 444 g/mol. The molecule has 0 bridgehead atoms. The van der Waals surface area contributed by atoms with Crippen molar-refractivity contribution in [1.82, 2.24) is 5.32 Å². The highest BCUT2D eigenvalue weighted by Crippen LogP contribution is 2.31. The molecule has 6 nitrogen and oxygen atoms in total. The van der Waals surface area contributed by atoms with Crippen molar-refractivity contribution in [3.8, 4) is 5.75 Å². The number of nitrogens with one attached hydrogen (secondary N) is 1. The van der Waals surface area contributed by atoms with Crippen LogP contribution in [0.15, 0.2) is 42.5 Å². The van der Waals surface area contributed by atoms with E-state index in [1.165, 1.54) is 24.3 Å². The number of hydrogen-bond donors (Lipinski definition) is 1. The monoisotopic (exact) mass is 470 g/mol. The minimum absolute atomic E-state index is 0.267. The van der Waals surface area contributed by atoms with Gasteiger partial charge in [0, 0.05) is 18.1 Å². The smallest absolute Gasteiger partial charge is 0.243 e. The number of halogens is 1. The van der Waals surface area contributed by atoms with Crippen molar-refractivity contribution < 1.29 is 17.9 Å². The Morgan fingerprint density at radius 1 is 1.27 bits per heavy atom. The van der Waals surface area contributed by atoms with E-state index in [0.29, 0.717) is 18.0 Å². The van der Waals surface area contributed by atoms with Crippen LogP contribution in [0.4, 0.5) is 5.69 Å². The summed E-state index contributed by atoms with van der Waals surface area (Å²) >= 11 is 7.84. The number of methoxy groups -OCH3 is 1. The van der Waals surface area contributed by atoms with Gasteiger partial charge < -0.3 is 10.1 Å². The van der Waals surface area contributed by atoms with Crippen LogP contribution in [0.2, 0.25) is 5.02 Å². The number of amides is 1. The molecule has 0 aliphatic carbocycles. The molecule has 0 aliphatic rings. The fourth-order valence-corrected chi connectivity index (χ4v) is 5.21. The molecule has 0 saturated carbocycles. The number of carbonyl (C=O) groups excluding carboxylic acids is 1. The van der Waals surface area contributed by atoms with Gasteiger partial charge in [0.2, 0.25) is 15.9 Å². The molecule has 0 aromatic heterocycles. The van der Waals surface area contributed by atoms with Crippen LogP contribution in [0.3, 0.4) is 0 Å². The summed E-state index contributed by atoms with van der Waals surface area (Å²) in [5.41, 5.74) is 2.76. The summed E-state index contributed by atoms with van der Waals surface area (Å²) in [5.74, 6) is 1.63. The summed E-state index contributed by atoms with van der Waals surface area (Å²) < 4.78 is 30.9. The average Bonchev–Trinajstić information content (AvgIpc) is 2.66. The lowest BCUT2D eigenvalue weighted by Crippen LogP contribution is -2.48. The molecule has 1 amide bonds. The summed E-state index contributed by atoms with van der Waals surface area (Å²) in [6.45, 7) is 4.05. The van der Waals surface area contributed by atoms with Crippen LogP contribution in [-0.2, 0) is 20.6 Å². The first-order valence-electron chi connectivity index (χ1n) is 9.37. The van der Waals surface area contributed by atoms with Gasteiger partial charge in [0.05, 0.1) is 24.1 Å². The summed E-state index contributed by atoms with van der Waals surface area (Å²) in [6.07, 6.45) is 1.06. The third-order valence-corrected chi connectivity index (χ3v) is 6.94. The van der Waals surface area contributed by atoms with Gasteiger partial charge in [-0.25, -0.2) is 8.42 Å². The second-order valence-corrected chi connectivity index (χ2v) is 10.3. The van der Waals surface area contributed by atoms with E-state index in [4.69, 9.17) is 16.3 Å². The number of sulfonamides is 1. The van der Waals surface area contributed by atoms with E-state index in [1.54, 1.807) is 30.8 Å². The second kappa shape index (κ2) is 10.9. The molecule has 0 radical (unpaired) electrons. The van der Waals surface area contributed by atoms with Gasteiger partial charge in [0.15, 0.2) is 0 Å². The van der Waals surface area contributed by atoms with Gasteiger partial charge in [-0.3, -0.25) is 9.10 Å². The lowest BCUT2D eigenvalue weighted by atomic mass is 10.2. The molecule has 0 spiro atoms. The number of anilines is 1. The molecule has 164 valence electrons. The first-order valence-corrected chi connectivity index (χ1v) is 12.8. The van der Waals surface area contributed by atoms with Crippen LogP contribution in [0.5, 0.6) is 5.75 Å². The molecule has 2 aromatic carbocycles. The number of ether oxygens (including phenoxy) is 1. The van der Waals surface area contributed by atoms with Gasteiger partial charge in [-0.1, -0.05) is 41.4 Å². The largest absolute Gasteiger partial charge is 0.495 e. The number of thioether (sulfide) groups is 1. The van der Waals surface area contributed by atoms with Crippen LogP contribution < -0.4 is 14.4 Å². The van der Waals surface area contributed by atoms with E-state index in [1.807, 2.05) is 6.07 Å². The van der Waals surface area contributed by atoms with Crippen molar-refractivity contribution in [2.45, 2.75) is 25.6 Å².